The van der Waals surface area contributed by atoms with Crippen molar-refractivity contribution in [1.82, 2.24) is 15.2 Å². The van der Waals surface area contributed by atoms with Crippen molar-refractivity contribution in [3.05, 3.63) is 16.1 Å². The molecule has 0 atom stereocenters. The lowest BCUT2D eigenvalue weighted by Crippen LogP contribution is -2.43. The van der Waals surface area contributed by atoms with E-state index in [0.29, 0.717) is 19.1 Å². The zero-order valence-corrected chi connectivity index (χ0v) is 13.9. The molecule has 1 aliphatic rings. The number of aromatic nitrogens is 1. The number of rotatable bonds is 6. The first-order valence-corrected chi connectivity index (χ1v) is 8.40. The normalized spacial score (nSPS) is 15.0. The van der Waals surface area contributed by atoms with Gasteiger partial charge in [0, 0.05) is 36.3 Å². The molecule has 1 aliphatic carbocycles. The van der Waals surface area contributed by atoms with Crippen LogP contribution in [0.25, 0.3) is 0 Å². The van der Waals surface area contributed by atoms with Crippen LogP contribution in [-0.2, 0) is 11.8 Å². The van der Waals surface area contributed by atoms with E-state index >= 15 is 0 Å². The molecule has 0 bridgehead atoms. The molecule has 0 aromatic carbocycles. The first-order valence-electron chi connectivity index (χ1n) is 7.52. The Kier molecular flexibility index (Phi) is 5.22. The van der Waals surface area contributed by atoms with E-state index in [9.17, 15) is 4.79 Å². The van der Waals surface area contributed by atoms with Gasteiger partial charge in [0.05, 0.1) is 17.3 Å². The van der Waals surface area contributed by atoms with E-state index in [4.69, 9.17) is 5.11 Å². The number of nitrogens with zero attached hydrogens (tertiary/aromatic N) is 2. The second-order valence-electron chi connectivity index (χ2n) is 6.52. The average Bonchev–Trinajstić information content (AvgIpc) is 3.12. The van der Waals surface area contributed by atoms with Crippen molar-refractivity contribution >= 4 is 17.4 Å². The molecule has 118 valence electrons. The summed E-state index contributed by atoms with van der Waals surface area (Å²) in [4.78, 5) is 18.4. The molecular formula is C15H25N3O2S. The molecule has 1 aromatic rings. The van der Waals surface area contributed by atoms with E-state index in [0.717, 1.165) is 30.0 Å². The average molecular weight is 311 g/mol. The maximum atomic E-state index is 12.1. The Bertz CT molecular complexity index is 478. The van der Waals surface area contributed by atoms with E-state index in [1.165, 1.54) is 0 Å². The Hall–Kier alpha value is -1.14. The molecule has 5 nitrogen and oxygen atoms in total. The molecule has 6 heteroatoms. The summed E-state index contributed by atoms with van der Waals surface area (Å²) >= 11 is 1.68. The number of amides is 2. The molecule has 0 radical (unpaired) electrons. The Morgan fingerprint density at radius 3 is 2.76 bits per heavy atom. The van der Waals surface area contributed by atoms with E-state index in [1.54, 1.807) is 16.2 Å². The monoisotopic (exact) mass is 311 g/mol. The molecule has 2 N–H and O–H groups in total. The van der Waals surface area contributed by atoms with Crippen LogP contribution in [0.15, 0.2) is 5.38 Å². The summed E-state index contributed by atoms with van der Waals surface area (Å²) in [7, 11) is 0. The van der Waals surface area contributed by atoms with Crippen LogP contribution < -0.4 is 5.32 Å². The summed E-state index contributed by atoms with van der Waals surface area (Å²) in [6.45, 7) is 7.48. The van der Waals surface area contributed by atoms with Gasteiger partial charge in [-0.1, -0.05) is 20.8 Å². The Labute approximate surface area is 130 Å². The second-order valence-corrected chi connectivity index (χ2v) is 7.38. The number of thiazole rings is 1. The fourth-order valence-corrected chi connectivity index (χ4v) is 3.05. The highest BCUT2D eigenvalue weighted by Crippen LogP contribution is 2.27. The molecule has 1 fully saturated rings. The number of urea groups is 1. The number of hydrogen-bond acceptors (Lipinski definition) is 4. The SMILES string of the molecule is CC(C)(C)c1nc(CCNC(=O)N(CCO)C2CC2)cs1. The number of carbonyl (C=O) groups excluding carboxylic acids is 1. The topological polar surface area (TPSA) is 65.5 Å². The quantitative estimate of drug-likeness (QED) is 0.846. The zero-order valence-electron chi connectivity index (χ0n) is 13.1. The lowest BCUT2D eigenvalue weighted by Gasteiger charge is -2.21. The van der Waals surface area contributed by atoms with Crippen molar-refractivity contribution in [1.29, 1.82) is 0 Å². The van der Waals surface area contributed by atoms with Gasteiger partial charge < -0.3 is 15.3 Å². The van der Waals surface area contributed by atoms with Crippen molar-refractivity contribution in [2.75, 3.05) is 19.7 Å². The summed E-state index contributed by atoms with van der Waals surface area (Å²) < 4.78 is 0. The van der Waals surface area contributed by atoms with Crippen LogP contribution in [0.2, 0.25) is 0 Å². The summed E-state index contributed by atoms with van der Waals surface area (Å²) in [5, 5.41) is 15.1. The van der Waals surface area contributed by atoms with Gasteiger partial charge in [0.15, 0.2) is 0 Å². The minimum Gasteiger partial charge on any atom is -0.395 e. The van der Waals surface area contributed by atoms with Gasteiger partial charge in [-0.15, -0.1) is 11.3 Å². The lowest BCUT2D eigenvalue weighted by atomic mass is 9.98. The Balaban J connectivity index is 1.78. The fraction of sp³-hybridized carbons (Fsp3) is 0.733. The molecular weight excluding hydrogens is 286 g/mol. The third-order valence-corrected chi connectivity index (χ3v) is 4.76. The Morgan fingerprint density at radius 2 is 2.24 bits per heavy atom. The minimum absolute atomic E-state index is 0.0188. The highest BCUT2D eigenvalue weighted by molar-refractivity contribution is 7.09. The van der Waals surface area contributed by atoms with Crippen LogP contribution >= 0.6 is 11.3 Å². The predicted octanol–water partition coefficient (Wildman–Crippen LogP) is 2.15. The third-order valence-electron chi connectivity index (χ3n) is 3.44. The van der Waals surface area contributed by atoms with Crippen LogP contribution in [0, 0.1) is 0 Å². The van der Waals surface area contributed by atoms with E-state index < -0.39 is 0 Å². The standard InChI is InChI=1S/C15H25N3O2S/c1-15(2,3)13-17-11(10-21-13)6-7-16-14(20)18(8-9-19)12-4-5-12/h10,12,19H,4-9H2,1-3H3,(H,16,20). The predicted molar refractivity (Wildman–Crippen MR) is 84.7 cm³/mol. The molecule has 2 rings (SSSR count). The first-order chi connectivity index (χ1) is 9.91. The number of aliphatic hydroxyl groups is 1. The van der Waals surface area contributed by atoms with Gasteiger partial charge in [-0.25, -0.2) is 9.78 Å². The third kappa shape index (κ3) is 4.68. The second kappa shape index (κ2) is 6.75. The van der Waals surface area contributed by atoms with Crippen molar-refractivity contribution in [3.63, 3.8) is 0 Å². The van der Waals surface area contributed by atoms with Crippen molar-refractivity contribution in [2.45, 2.75) is 51.5 Å². The van der Waals surface area contributed by atoms with Crippen LogP contribution in [0.4, 0.5) is 4.79 Å². The summed E-state index contributed by atoms with van der Waals surface area (Å²) in [5.41, 5.74) is 1.11. The summed E-state index contributed by atoms with van der Waals surface area (Å²) in [6, 6.07) is 0.252. The lowest BCUT2D eigenvalue weighted by molar-refractivity contribution is 0.174. The molecule has 2 amide bonds. The molecule has 1 aromatic heterocycles. The van der Waals surface area contributed by atoms with Crippen LogP contribution in [0.3, 0.4) is 0 Å². The number of hydrogen-bond donors (Lipinski definition) is 2. The van der Waals surface area contributed by atoms with Gasteiger partial charge in [-0.3, -0.25) is 0 Å². The van der Waals surface area contributed by atoms with Crippen molar-refractivity contribution in [2.24, 2.45) is 0 Å². The Morgan fingerprint density at radius 1 is 1.52 bits per heavy atom. The van der Waals surface area contributed by atoms with Gasteiger partial charge in [-0.05, 0) is 12.8 Å². The van der Waals surface area contributed by atoms with Gasteiger partial charge >= 0.3 is 6.03 Å². The highest BCUT2D eigenvalue weighted by Gasteiger charge is 2.31. The van der Waals surface area contributed by atoms with Gasteiger partial charge in [0.25, 0.3) is 0 Å². The zero-order chi connectivity index (χ0) is 15.5. The number of carbonyl (C=O) groups is 1. The molecule has 1 saturated carbocycles. The van der Waals surface area contributed by atoms with Gasteiger partial charge in [-0.2, -0.15) is 0 Å². The van der Waals surface area contributed by atoms with E-state index in [-0.39, 0.29) is 18.1 Å². The first kappa shape index (κ1) is 16.2. The van der Waals surface area contributed by atoms with E-state index in [2.05, 4.69) is 36.5 Å². The molecule has 0 unspecified atom stereocenters. The molecule has 1 heterocycles. The van der Waals surface area contributed by atoms with Crippen LogP contribution in [-0.4, -0.2) is 46.8 Å². The minimum atomic E-state index is -0.0715. The maximum absolute atomic E-state index is 12.1. The number of aliphatic hydroxyl groups excluding tert-OH is 1. The van der Waals surface area contributed by atoms with Gasteiger partial charge in [0.1, 0.15) is 0 Å². The van der Waals surface area contributed by atoms with Crippen molar-refractivity contribution in [3.8, 4) is 0 Å². The molecule has 0 spiro atoms. The fourth-order valence-electron chi connectivity index (χ4n) is 2.11. The highest BCUT2D eigenvalue weighted by atomic mass is 32.1. The smallest absolute Gasteiger partial charge is 0.317 e. The van der Waals surface area contributed by atoms with Gasteiger partial charge in [0.2, 0.25) is 0 Å². The number of nitrogens with one attached hydrogen (secondary N) is 1. The van der Waals surface area contributed by atoms with Crippen molar-refractivity contribution < 1.29 is 9.90 Å². The van der Waals surface area contributed by atoms with Crippen LogP contribution in [0.5, 0.6) is 0 Å². The maximum Gasteiger partial charge on any atom is 0.317 e. The summed E-state index contributed by atoms with van der Waals surface area (Å²) in [6.07, 6.45) is 2.85. The molecule has 0 aliphatic heterocycles. The molecule has 0 saturated heterocycles. The largest absolute Gasteiger partial charge is 0.395 e. The van der Waals surface area contributed by atoms with E-state index in [1.807, 2.05) is 0 Å². The summed E-state index contributed by atoms with van der Waals surface area (Å²) in [5.74, 6) is 0. The molecule has 21 heavy (non-hydrogen) atoms. The van der Waals surface area contributed by atoms with Crippen LogP contribution in [0.1, 0.15) is 44.3 Å².